The second kappa shape index (κ2) is 6.48. The lowest BCUT2D eigenvalue weighted by molar-refractivity contribution is -0.120. The minimum atomic E-state index is -3.99. The highest BCUT2D eigenvalue weighted by Gasteiger charge is 2.31. The molecule has 24 heavy (non-hydrogen) atoms. The van der Waals surface area contributed by atoms with Crippen LogP contribution in [-0.2, 0) is 24.7 Å². The zero-order valence-corrected chi connectivity index (χ0v) is 16.0. The fraction of sp³-hybridized carbons (Fsp3) is 0.562. The van der Waals surface area contributed by atoms with Crippen molar-refractivity contribution in [3.8, 4) is 0 Å². The molecule has 0 spiro atoms. The number of carbonyl (C=O) groups excluding carboxylic acids is 1. The summed E-state index contributed by atoms with van der Waals surface area (Å²) in [6.07, 6.45) is 0.304. The van der Waals surface area contributed by atoms with E-state index in [4.69, 9.17) is 0 Å². The first-order valence-corrected chi connectivity index (χ1v) is 11.1. The van der Waals surface area contributed by atoms with Gasteiger partial charge in [0.1, 0.15) is 0 Å². The lowest BCUT2D eigenvalue weighted by Gasteiger charge is -2.16. The molecule has 0 bridgehead atoms. The molecular weight excluding hydrogens is 350 g/mol. The van der Waals surface area contributed by atoms with Crippen LogP contribution in [0.5, 0.6) is 0 Å². The molecule has 0 unspecified atom stereocenters. The van der Waals surface area contributed by atoms with Crippen molar-refractivity contribution < 1.29 is 21.6 Å². The van der Waals surface area contributed by atoms with Crippen LogP contribution in [0, 0.1) is 33.6 Å². The molecule has 1 amide bonds. The van der Waals surface area contributed by atoms with Gasteiger partial charge in [0.15, 0.2) is 9.84 Å². The summed E-state index contributed by atoms with van der Waals surface area (Å²) in [5, 5.41) is 0. The van der Waals surface area contributed by atoms with Gasteiger partial charge in [-0.2, -0.15) is 0 Å². The maximum atomic E-state index is 12.6. The Bertz CT molecular complexity index is 859. The van der Waals surface area contributed by atoms with Crippen molar-refractivity contribution >= 4 is 25.8 Å². The first kappa shape index (κ1) is 18.9. The van der Waals surface area contributed by atoms with Gasteiger partial charge in [0.25, 0.3) is 10.0 Å². The fourth-order valence-electron chi connectivity index (χ4n) is 3.12. The molecule has 0 saturated carbocycles. The van der Waals surface area contributed by atoms with Crippen LogP contribution in [0.3, 0.4) is 0 Å². The Morgan fingerprint density at radius 3 is 2.17 bits per heavy atom. The van der Waals surface area contributed by atoms with Crippen LogP contribution in [0.4, 0.5) is 0 Å². The summed E-state index contributed by atoms with van der Waals surface area (Å²) in [5.74, 6) is -0.962. The number of benzene rings is 1. The van der Waals surface area contributed by atoms with Crippen molar-refractivity contribution in [2.24, 2.45) is 5.92 Å². The van der Waals surface area contributed by atoms with Crippen molar-refractivity contribution in [1.29, 1.82) is 0 Å². The topological polar surface area (TPSA) is 97.4 Å². The lowest BCUT2D eigenvalue weighted by atomic mass is 10.0. The van der Waals surface area contributed by atoms with Gasteiger partial charge in [0, 0.05) is 6.42 Å². The number of sulfonamides is 1. The van der Waals surface area contributed by atoms with Gasteiger partial charge in [0.05, 0.1) is 16.4 Å². The molecule has 1 saturated heterocycles. The van der Waals surface area contributed by atoms with E-state index in [9.17, 15) is 21.6 Å². The zero-order chi connectivity index (χ0) is 18.3. The minimum absolute atomic E-state index is 0.0535. The van der Waals surface area contributed by atoms with E-state index < -0.39 is 25.8 Å². The molecule has 0 aliphatic carbocycles. The van der Waals surface area contributed by atoms with E-state index >= 15 is 0 Å². The molecule has 1 aromatic rings. The number of carbonyl (C=O) groups is 1. The van der Waals surface area contributed by atoms with Crippen LogP contribution >= 0.6 is 0 Å². The molecule has 1 aromatic carbocycles. The Labute approximate surface area is 143 Å². The quantitative estimate of drug-likeness (QED) is 0.863. The molecule has 2 rings (SSSR count). The van der Waals surface area contributed by atoms with E-state index in [0.717, 1.165) is 11.1 Å². The Kier molecular flexibility index (Phi) is 5.11. The molecule has 1 heterocycles. The van der Waals surface area contributed by atoms with E-state index in [1.807, 2.05) is 19.9 Å². The van der Waals surface area contributed by atoms with Crippen molar-refractivity contribution in [1.82, 2.24) is 4.72 Å². The summed E-state index contributed by atoms with van der Waals surface area (Å²) >= 11 is 0. The van der Waals surface area contributed by atoms with E-state index in [-0.39, 0.29) is 28.7 Å². The normalized spacial score (nSPS) is 20.1. The van der Waals surface area contributed by atoms with Gasteiger partial charge < -0.3 is 0 Å². The SMILES string of the molecule is Cc1cc(C)c(C)c(S(=O)(=O)NC(=O)C[C@@H]2CCS(=O)(=O)C2)c1C. The summed E-state index contributed by atoms with van der Waals surface area (Å²) in [6.45, 7) is 7.08. The summed E-state index contributed by atoms with van der Waals surface area (Å²) in [5.41, 5.74) is 2.91. The first-order valence-electron chi connectivity index (χ1n) is 7.76. The predicted octanol–water partition coefficient (Wildman–Crippen LogP) is 1.55. The summed E-state index contributed by atoms with van der Waals surface area (Å²) in [4.78, 5) is 12.2. The van der Waals surface area contributed by atoms with Gasteiger partial charge in [0.2, 0.25) is 5.91 Å². The van der Waals surface area contributed by atoms with Gasteiger partial charge >= 0.3 is 0 Å². The molecule has 8 heteroatoms. The summed E-state index contributed by atoms with van der Waals surface area (Å²) < 4.78 is 50.3. The fourth-order valence-corrected chi connectivity index (χ4v) is 6.60. The monoisotopic (exact) mass is 373 g/mol. The molecule has 1 atom stereocenters. The maximum Gasteiger partial charge on any atom is 0.264 e. The summed E-state index contributed by atoms with van der Waals surface area (Å²) in [7, 11) is -7.08. The van der Waals surface area contributed by atoms with Crippen LogP contribution in [0.25, 0.3) is 0 Å². The zero-order valence-electron chi connectivity index (χ0n) is 14.3. The van der Waals surface area contributed by atoms with Gasteiger partial charge in [-0.1, -0.05) is 6.07 Å². The molecule has 0 aromatic heterocycles. The molecule has 1 aliphatic heterocycles. The third kappa shape index (κ3) is 3.97. The van der Waals surface area contributed by atoms with Crippen LogP contribution in [0.1, 0.15) is 35.1 Å². The van der Waals surface area contributed by atoms with Crippen LogP contribution in [-0.4, -0.2) is 34.2 Å². The molecule has 0 radical (unpaired) electrons. The molecule has 134 valence electrons. The highest BCUT2D eigenvalue weighted by Crippen LogP contribution is 2.26. The second-order valence-electron chi connectivity index (χ2n) is 6.59. The molecule has 6 nitrogen and oxygen atoms in total. The third-order valence-corrected chi connectivity index (χ3v) is 8.10. The van der Waals surface area contributed by atoms with Gasteiger partial charge in [-0.05, 0) is 62.3 Å². The largest absolute Gasteiger partial charge is 0.274 e. The number of sulfone groups is 1. The number of aryl methyl sites for hydroxylation is 2. The maximum absolute atomic E-state index is 12.6. The smallest absolute Gasteiger partial charge is 0.264 e. The average molecular weight is 373 g/mol. The van der Waals surface area contributed by atoms with Crippen molar-refractivity contribution in [2.75, 3.05) is 11.5 Å². The van der Waals surface area contributed by atoms with Crippen molar-refractivity contribution in [2.45, 2.75) is 45.4 Å². The number of amides is 1. The molecule has 1 fully saturated rings. The van der Waals surface area contributed by atoms with E-state index in [1.54, 1.807) is 13.8 Å². The Hall–Kier alpha value is -1.41. The lowest BCUT2D eigenvalue weighted by Crippen LogP contribution is -2.33. The van der Waals surface area contributed by atoms with Crippen LogP contribution in [0.2, 0.25) is 0 Å². The number of hydrogen-bond acceptors (Lipinski definition) is 5. The number of rotatable bonds is 4. The predicted molar refractivity (Wildman–Crippen MR) is 92.1 cm³/mol. The number of nitrogens with one attached hydrogen (secondary N) is 1. The van der Waals surface area contributed by atoms with E-state index in [0.29, 0.717) is 17.5 Å². The van der Waals surface area contributed by atoms with Gasteiger partial charge in [-0.3, -0.25) is 4.79 Å². The Balaban J connectivity index is 2.22. The average Bonchev–Trinajstić information content (AvgIpc) is 2.74. The van der Waals surface area contributed by atoms with Gasteiger partial charge in [-0.15, -0.1) is 0 Å². The minimum Gasteiger partial charge on any atom is -0.274 e. The Morgan fingerprint density at radius 1 is 1.17 bits per heavy atom. The van der Waals surface area contributed by atoms with Gasteiger partial charge in [-0.25, -0.2) is 21.6 Å². The molecule has 1 N–H and O–H groups in total. The second-order valence-corrected chi connectivity index (χ2v) is 10.4. The van der Waals surface area contributed by atoms with E-state index in [2.05, 4.69) is 4.72 Å². The highest BCUT2D eigenvalue weighted by molar-refractivity contribution is 7.91. The summed E-state index contributed by atoms with van der Waals surface area (Å²) in [6, 6.07) is 1.91. The number of hydrogen-bond donors (Lipinski definition) is 1. The third-order valence-electron chi connectivity index (χ3n) is 4.61. The van der Waals surface area contributed by atoms with Crippen molar-refractivity contribution in [3.05, 3.63) is 28.3 Å². The highest BCUT2D eigenvalue weighted by atomic mass is 32.2. The van der Waals surface area contributed by atoms with Crippen LogP contribution in [0.15, 0.2) is 11.0 Å². The first-order chi connectivity index (χ1) is 10.9. The Morgan fingerprint density at radius 2 is 1.71 bits per heavy atom. The van der Waals surface area contributed by atoms with E-state index in [1.165, 1.54) is 0 Å². The molecular formula is C16H23NO5S2. The van der Waals surface area contributed by atoms with Crippen molar-refractivity contribution in [3.63, 3.8) is 0 Å². The van der Waals surface area contributed by atoms with Crippen LogP contribution < -0.4 is 4.72 Å². The molecule has 1 aliphatic rings. The standard InChI is InChI=1S/C16H23NO5S2/c1-10-7-11(2)13(4)16(12(10)3)24(21,22)17-15(18)8-14-5-6-23(19,20)9-14/h7,14H,5-6,8-9H2,1-4H3,(H,17,18)/t14-/m0/s1.